The van der Waals surface area contributed by atoms with Crippen molar-refractivity contribution in [3.63, 3.8) is 0 Å². The minimum absolute atomic E-state index is 1.09. The molecule has 5 aliphatic carbocycles. The van der Waals surface area contributed by atoms with Crippen molar-refractivity contribution in [2.45, 2.75) is 142 Å². The number of fused-ring (bicyclic) bond motifs is 4. The Morgan fingerprint density at radius 1 is 0.213 bits per heavy atom. The maximum atomic E-state index is 2.44. The first-order chi connectivity index (χ1) is 53.3. The van der Waals surface area contributed by atoms with E-state index in [1.54, 1.807) is 22.3 Å². The van der Waals surface area contributed by atoms with E-state index in [2.05, 4.69) is 339 Å². The lowest BCUT2D eigenvalue weighted by Gasteiger charge is -2.26. The number of rotatable bonds is 16. The second-order valence-corrected chi connectivity index (χ2v) is 31.1. The Morgan fingerprint density at radius 2 is 0.435 bits per heavy atom. The van der Waals surface area contributed by atoms with Gasteiger partial charge in [-0.05, 0) is 310 Å². The van der Waals surface area contributed by atoms with Gasteiger partial charge >= 0.3 is 0 Å². The van der Waals surface area contributed by atoms with Crippen LogP contribution in [0.3, 0.4) is 0 Å². The molecule has 0 heterocycles. The number of benzene rings is 12. The van der Waals surface area contributed by atoms with Gasteiger partial charge in [0.1, 0.15) is 0 Å². The van der Waals surface area contributed by atoms with Gasteiger partial charge in [-0.15, -0.1) is 0 Å². The molecule has 0 N–H and O–H groups in total. The van der Waals surface area contributed by atoms with E-state index in [0.717, 1.165) is 45.3 Å². The molecule has 2 nitrogen and oxygen atoms in total. The van der Waals surface area contributed by atoms with E-state index in [1.165, 1.54) is 237 Å². The zero-order valence-electron chi connectivity index (χ0n) is 63.1. The Kier molecular flexibility index (Phi) is 20.9. The molecular formula is C106H98N2. The van der Waals surface area contributed by atoms with Crippen molar-refractivity contribution in [2.24, 2.45) is 0 Å². The average molecular weight is 1400 g/mol. The number of hydrogen-bond acceptors (Lipinski definition) is 2. The summed E-state index contributed by atoms with van der Waals surface area (Å²) in [4.78, 5) is 4.87. The van der Waals surface area contributed by atoms with Gasteiger partial charge in [0.05, 0.1) is 0 Å². The van der Waals surface area contributed by atoms with Crippen LogP contribution >= 0.6 is 0 Å². The third-order valence-electron chi connectivity index (χ3n) is 23.4. The highest BCUT2D eigenvalue weighted by Gasteiger charge is 2.19. The van der Waals surface area contributed by atoms with Crippen LogP contribution in [0.4, 0.5) is 34.1 Å². The number of aryl methyl sites for hydroxylation is 2. The molecule has 4 fully saturated rings. The van der Waals surface area contributed by atoms with Crippen molar-refractivity contribution in [3.8, 4) is 0 Å². The highest BCUT2D eigenvalue weighted by molar-refractivity contribution is 5.94. The van der Waals surface area contributed by atoms with E-state index in [1.807, 2.05) is 0 Å². The summed E-state index contributed by atoms with van der Waals surface area (Å²) in [5.41, 5.74) is 30.2. The van der Waals surface area contributed by atoms with Crippen LogP contribution < -0.4 is 9.80 Å². The molecule has 4 saturated carbocycles. The van der Waals surface area contributed by atoms with Gasteiger partial charge < -0.3 is 9.80 Å². The number of allylic oxidation sites excluding steroid dienone is 4. The van der Waals surface area contributed by atoms with Crippen molar-refractivity contribution >= 4 is 81.7 Å². The highest BCUT2D eigenvalue weighted by Crippen LogP contribution is 2.41. The van der Waals surface area contributed by atoms with Crippen LogP contribution in [0.5, 0.6) is 0 Å². The van der Waals surface area contributed by atoms with E-state index in [-0.39, 0.29) is 0 Å². The summed E-state index contributed by atoms with van der Waals surface area (Å²) in [6.45, 7) is 4.35. The largest absolute Gasteiger partial charge is 0.310 e. The smallest absolute Gasteiger partial charge is 0.0468 e. The predicted molar refractivity (Wildman–Crippen MR) is 459 cm³/mol. The second-order valence-electron chi connectivity index (χ2n) is 31.1. The molecule has 532 valence electrons. The van der Waals surface area contributed by atoms with Crippen molar-refractivity contribution < 1.29 is 0 Å². The van der Waals surface area contributed by atoms with E-state index >= 15 is 0 Å². The molecule has 0 saturated heterocycles. The van der Waals surface area contributed by atoms with E-state index in [4.69, 9.17) is 0 Å². The molecule has 12 aromatic carbocycles. The van der Waals surface area contributed by atoms with Crippen molar-refractivity contribution in [2.75, 3.05) is 9.80 Å². The second kappa shape index (κ2) is 32.4. The normalized spacial score (nSPS) is 14.7. The van der Waals surface area contributed by atoms with Gasteiger partial charge in [0.15, 0.2) is 0 Å². The highest BCUT2D eigenvalue weighted by atomic mass is 15.1. The monoisotopic (exact) mass is 1400 g/mol. The van der Waals surface area contributed by atoms with Gasteiger partial charge in [-0.2, -0.15) is 0 Å². The van der Waals surface area contributed by atoms with Crippen LogP contribution in [0.25, 0.3) is 47.6 Å². The van der Waals surface area contributed by atoms with Crippen LogP contribution in [0.2, 0.25) is 0 Å². The van der Waals surface area contributed by atoms with E-state index in [0.29, 0.717) is 0 Å². The van der Waals surface area contributed by atoms with E-state index in [9.17, 15) is 0 Å². The van der Waals surface area contributed by atoms with Crippen molar-refractivity contribution in [3.05, 3.63) is 410 Å². The molecule has 0 atom stereocenters. The van der Waals surface area contributed by atoms with Crippen LogP contribution in [0.1, 0.15) is 195 Å². The number of nitrogens with zero attached hydrogens (tertiary/aromatic N) is 2. The molecule has 108 heavy (non-hydrogen) atoms. The molecule has 0 aromatic heterocycles. The van der Waals surface area contributed by atoms with Gasteiger partial charge in [-0.3, -0.25) is 0 Å². The maximum absolute atomic E-state index is 2.44. The van der Waals surface area contributed by atoms with Crippen LogP contribution in [-0.2, 0) is 0 Å². The SMILES string of the molecule is Cc1ccc(N(c2ccc(C=C(c3ccc(C=C4CCCCC4)cc3)c3ccc(C=C4CCCCC4)cc3)cc2)c2ccc3c(c2)=c2ccccc2=c2ccc(N(c4ccc(C)cc4)c4ccc(C=C(c5ccc(C=C6CCCCC6)cc5)c5ccc(C=C6CCCCC6)cc5)cc4)cc2=c2ccccc2=3)cc1. The summed E-state index contributed by atoms with van der Waals surface area (Å²) < 4.78 is 0. The van der Waals surface area contributed by atoms with Crippen molar-refractivity contribution in [1.82, 2.24) is 0 Å². The Labute approximate surface area is 639 Å². The van der Waals surface area contributed by atoms with Gasteiger partial charge in [0.2, 0.25) is 0 Å². The standard InChI is InChI=1S/C106H98N2/c1-75-31-55-91(56-32-75)107(93-59-43-85(44-60-93)71-103(87-47-35-81(36-48-87)67-77-19-7-3-8-20-77)88-49-37-82(38-50-88)68-78-21-9-4-10-22-78)95-63-65-101-98-28-16-18-30-100(98)106-74-96(64-66-102(106)97-27-15-17-29-99(97)105(101)73-95)108(92-57-33-76(2)34-58-92)94-61-45-86(46-62-94)72-104(89-51-39-83(40-52-89)69-79-23-11-5-12-24-79)90-53-41-84(42-54-90)70-80-25-13-6-14-26-80/h15-18,27-74H,3-14,19-26H2,1-2H3. The molecule has 0 amide bonds. The lowest BCUT2D eigenvalue weighted by molar-refractivity contribution is 0.602. The van der Waals surface area contributed by atoms with E-state index < -0.39 is 0 Å². The lowest BCUT2D eigenvalue weighted by Crippen LogP contribution is -2.10. The molecule has 0 spiro atoms. The fraction of sp³-hybridized carbons (Fsp3) is 0.208. The summed E-state index contributed by atoms with van der Waals surface area (Å²) in [7, 11) is 0. The van der Waals surface area contributed by atoms with Crippen LogP contribution in [-0.4, -0.2) is 0 Å². The zero-order valence-corrected chi connectivity index (χ0v) is 63.1. The van der Waals surface area contributed by atoms with Gasteiger partial charge in [0.25, 0.3) is 0 Å². The van der Waals surface area contributed by atoms with Gasteiger partial charge in [0, 0.05) is 34.1 Å². The summed E-state index contributed by atoms with van der Waals surface area (Å²) in [6.07, 6.45) is 40.1. The Morgan fingerprint density at radius 3 is 0.704 bits per heavy atom. The summed E-state index contributed by atoms with van der Waals surface area (Å²) in [6, 6.07) is 106. The Hall–Kier alpha value is -11.3. The quantitative estimate of drug-likeness (QED) is 0.0890. The molecule has 0 bridgehead atoms. The molecule has 17 rings (SSSR count). The molecule has 0 aliphatic heterocycles. The lowest BCUT2D eigenvalue weighted by atomic mass is 9.91. The van der Waals surface area contributed by atoms with Crippen LogP contribution in [0.15, 0.2) is 301 Å². The minimum Gasteiger partial charge on any atom is -0.310 e. The Balaban J connectivity index is 0.750. The first kappa shape index (κ1) is 69.7. The number of anilines is 6. The topological polar surface area (TPSA) is 6.48 Å². The zero-order chi connectivity index (χ0) is 72.5. The number of hydrogen-bond donors (Lipinski definition) is 0. The Bertz CT molecular complexity index is 5330. The molecule has 2 heteroatoms. The molecule has 5 aliphatic rings. The first-order valence-corrected chi connectivity index (χ1v) is 40.3. The maximum Gasteiger partial charge on any atom is 0.0468 e. The minimum atomic E-state index is 1.09. The third kappa shape index (κ3) is 15.9. The molecular weight excluding hydrogens is 1300 g/mol. The van der Waals surface area contributed by atoms with Crippen LogP contribution in [0, 0.1) is 55.6 Å². The summed E-state index contributed by atoms with van der Waals surface area (Å²) in [5, 5.41) is 9.59. The summed E-state index contributed by atoms with van der Waals surface area (Å²) >= 11 is 0. The molecule has 12 aromatic rings. The fourth-order valence-electron chi connectivity index (χ4n) is 17.5. The predicted octanol–water partition coefficient (Wildman–Crippen LogP) is 29.3. The first-order valence-electron chi connectivity index (χ1n) is 40.3. The summed E-state index contributed by atoms with van der Waals surface area (Å²) in [5.74, 6) is 0. The average Bonchev–Trinajstić information content (AvgIpc) is 0.736. The molecule has 0 unspecified atom stereocenters. The van der Waals surface area contributed by atoms with Gasteiger partial charge in [-0.25, -0.2) is 0 Å². The fourth-order valence-corrected chi connectivity index (χ4v) is 17.5. The molecule has 0 radical (unpaired) electrons. The van der Waals surface area contributed by atoms with Gasteiger partial charge in [-0.1, -0.05) is 290 Å². The third-order valence-corrected chi connectivity index (χ3v) is 23.4. The van der Waals surface area contributed by atoms with Crippen molar-refractivity contribution in [1.29, 1.82) is 0 Å².